The van der Waals surface area contributed by atoms with E-state index < -0.39 is 0 Å². The fourth-order valence-corrected chi connectivity index (χ4v) is 3.98. The molecule has 1 aliphatic rings. The van der Waals surface area contributed by atoms with Crippen molar-refractivity contribution in [3.8, 4) is 0 Å². The predicted octanol–water partition coefficient (Wildman–Crippen LogP) is 4.72. The lowest BCUT2D eigenvalue weighted by Gasteiger charge is -2.22. The number of ether oxygens (including phenoxy) is 1. The Morgan fingerprint density at radius 1 is 1.14 bits per heavy atom. The van der Waals surface area contributed by atoms with Crippen LogP contribution in [0.2, 0.25) is 0 Å². The predicted molar refractivity (Wildman–Crippen MR) is 97.0 cm³/mol. The quantitative estimate of drug-likeness (QED) is 0.525. The molecular formula is C19H31NOS. The standard InChI is InChI=1S/C19H31NOS/c1-16-8-6-11-19(17(16)2)22-15-7-12-20-13-14-21-18-9-4-3-5-10-18/h6,8,11,18,20H,3-5,7,9-10,12-15H2,1-2H3. The van der Waals surface area contributed by atoms with Crippen LogP contribution in [-0.2, 0) is 4.74 Å². The molecule has 124 valence electrons. The lowest BCUT2D eigenvalue weighted by molar-refractivity contribution is 0.0304. The lowest BCUT2D eigenvalue weighted by atomic mass is 9.98. The van der Waals surface area contributed by atoms with Crippen LogP contribution in [0, 0.1) is 13.8 Å². The summed E-state index contributed by atoms with van der Waals surface area (Å²) in [5, 5.41) is 3.50. The summed E-state index contributed by atoms with van der Waals surface area (Å²) < 4.78 is 5.92. The third-order valence-electron chi connectivity index (χ3n) is 4.49. The van der Waals surface area contributed by atoms with Crippen molar-refractivity contribution >= 4 is 11.8 Å². The number of aryl methyl sites for hydroxylation is 1. The van der Waals surface area contributed by atoms with E-state index in [1.807, 2.05) is 11.8 Å². The van der Waals surface area contributed by atoms with Crippen LogP contribution in [0.15, 0.2) is 23.1 Å². The number of hydrogen-bond donors (Lipinski definition) is 1. The summed E-state index contributed by atoms with van der Waals surface area (Å²) in [6, 6.07) is 6.58. The number of thioether (sulfide) groups is 1. The van der Waals surface area contributed by atoms with E-state index in [0.717, 1.165) is 19.7 Å². The van der Waals surface area contributed by atoms with E-state index in [9.17, 15) is 0 Å². The molecule has 0 heterocycles. The summed E-state index contributed by atoms with van der Waals surface area (Å²) in [6.45, 7) is 7.36. The van der Waals surface area contributed by atoms with Crippen LogP contribution in [0.4, 0.5) is 0 Å². The van der Waals surface area contributed by atoms with Crippen molar-refractivity contribution in [2.24, 2.45) is 0 Å². The second kappa shape index (κ2) is 10.3. The van der Waals surface area contributed by atoms with Crippen LogP contribution < -0.4 is 5.32 Å². The number of benzene rings is 1. The Morgan fingerprint density at radius 3 is 2.77 bits per heavy atom. The van der Waals surface area contributed by atoms with Gasteiger partial charge in [-0.25, -0.2) is 0 Å². The minimum atomic E-state index is 0.537. The first kappa shape index (κ1) is 17.8. The van der Waals surface area contributed by atoms with Gasteiger partial charge in [0.25, 0.3) is 0 Å². The summed E-state index contributed by atoms with van der Waals surface area (Å²) in [5.41, 5.74) is 2.82. The van der Waals surface area contributed by atoms with E-state index in [0.29, 0.717) is 6.10 Å². The van der Waals surface area contributed by atoms with Gasteiger partial charge >= 0.3 is 0 Å². The van der Waals surface area contributed by atoms with Gasteiger partial charge in [-0.1, -0.05) is 31.4 Å². The zero-order valence-electron chi connectivity index (χ0n) is 14.2. The molecular weight excluding hydrogens is 290 g/mol. The molecule has 1 saturated carbocycles. The summed E-state index contributed by atoms with van der Waals surface area (Å²) >= 11 is 1.98. The molecule has 0 bridgehead atoms. The first-order chi connectivity index (χ1) is 10.8. The molecule has 0 radical (unpaired) electrons. The molecule has 1 aliphatic carbocycles. The second-order valence-electron chi connectivity index (χ2n) is 6.28. The van der Waals surface area contributed by atoms with Gasteiger partial charge in [0.1, 0.15) is 0 Å². The normalized spacial score (nSPS) is 16.1. The zero-order chi connectivity index (χ0) is 15.6. The van der Waals surface area contributed by atoms with Gasteiger partial charge in [-0.05, 0) is 62.6 Å². The molecule has 1 aromatic rings. The van der Waals surface area contributed by atoms with E-state index in [4.69, 9.17) is 4.74 Å². The maximum absolute atomic E-state index is 5.92. The maximum atomic E-state index is 5.92. The molecule has 0 atom stereocenters. The SMILES string of the molecule is Cc1cccc(SCCCNCCOC2CCCCC2)c1C. The van der Waals surface area contributed by atoms with Gasteiger partial charge in [-0.15, -0.1) is 11.8 Å². The summed E-state index contributed by atoms with van der Waals surface area (Å²) in [4.78, 5) is 1.43. The van der Waals surface area contributed by atoms with Crippen LogP contribution in [-0.4, -0.2) is 31.6 Å². The van der Waals surface area contributed by atoms with Crippen molar-refractivity contribution < 1.29 is 4.74 Å². The molecule has 1 fully saturated rings. The summed E-state index contributed by atoms with van der Waals surface area (Å²) in [5.74, 6) is 1.18. The van der Waals surface area contributed by atoms with Gasteiger partial charge in [0.05, 0.1) is 12.7 Å². The van der Waals surface area contributed by atoms with Gasteiger partial charge in [0.2, 0.25) is 0 Å². The highest BCUT2D eigenvalue weighted by atomic mass is 32.2. The van der Waals surface area contributed by atoms with E-state index >= 15 is 0 Å². The van der Waals surface area contributed by atoms with E-state index in [1.54, 1.807) is 0 Å². The van der Waals surface area contributed by atoms with E-state index in [-0.39, 0.29) is 0 Å². The van der Waals surface area contributed by atoms with E-state index in [1.165, 1.54) is 60.3 Å². The van der Waals surface area contributed by atoms with Gasteiger partial charge in [0, 0.05) is 11.4 Å². The molecule has 0 aromatic heterocycles. The maximum Gasteiger partial charge on any atom is 0.0594 e. The Morgan fingerprint density at radius 2 is 1.95 bits per heavy atom. The molecule has 2 rings (SSSR count). The van der Waals surface area contributed by atoms with Gasteiger partial charge in [-0.2, -0.15) is 0 Å². The first-order valence-electron chi connectivity index (χ1n) is 8.78. The Bertz CT molecular complexity index is 429. The lowest BCUT2D eigenvalue weighted by Crippen LogP contribution is -2.25. The summed E-state index contributed by atoms with van der Waals surface area (Å²) in [6.07, 6.45) is 8.40. The average molecular weight is 322 g/mol. The smallest absolute Gasteiger partial charge is 0.0594 e. The van der Waals surface area contributed by atoms with Crippen molar-refractivity contribution in [1.82, 2.24) is 5.32 Å². The number of nitrogens with one attached hydrogen (secondary N) is 1. The van der Waals surface area contributed by atoms with Crippen molar-refractivity contribution in [2.75, 3.05) is 25.4 Å². The Kier molecular flexibility index (Phi) is 8.35. The molecule has 3 heteroatoms. The topological polar surface area (TPSA) is 21.3 Å². The zero-order valence-corrected chi connectivity index (χ0v) is 15.0. The molecule has 0 aliphatic heterocycles. The third-order valence-corrected chi connectivity index (χ3v) is 5.74. The van der Waals surface area contributed by atoms with Gasteiger partial charge in [-0.3, -0.25) is 0 Å². The molecule has 0 amide bonds. The highest BCUT2D eigenvalue weighted by Gasteiger charge is 2.12. The van der Waals surface area contributed by atoms with Gasteiger partial charge < -0.3 is 10.1 Å². The number of hydrogen-bond acceptors (Lipinski definition) is 3. The number of rotatable bonds is 9. The van der Waals surface area contributed by atoms with Crippen molar-refractivity contribution in [2.45, 2.75) is 63.4 Å². The van der Waals surface area contributed by atoms with Crippen molar-refractivity contribution in [3.63, 3.8) is 0 Å². The molecule has 0 spiro atoms. The largest absolute Gasteiger partial charge is 0.377 e. The van der Waals surface area contributed by atoms with Crippen molar-refractivity contribution in [3.05, 3.63) is 29.3 Å². The minimum absolute atomic E-state index is 0.537. The highest BCUT2D eigenvalue weighted by Crippen LogP contribution is 2.24. The van der Waals surface area contributed by atoms with Gasteiger partial charge in [0.15, 0.2) is 0 Å². The molecule has 1 N–H and O–H groups in total. The Hall–Kier alpha value is -0.510. The molecule has 22 heavy (non-hydrogen) atoms. The summed E-state index contributed by atoms with van der Waals surface area (Å²) in [7, 11) is 0. The Balaban J connectivity index is 1.46. The van der Waals surface area contributed by atoms with Crippen LogP contribution in [0.25, 0.3) is 0 Å². The fourth-order valence-electron chi connectivity index (χ4n) is 2.91. The third kappa shape index (κ3) is 6.31. The minimum Gasteiger partial charge on any atom is -0.377 e. The second-order valence-corrected chi connectivity index (χ2v) is 7.42. The van der Waals surface area contributed by atoms with Crippen LogP contribution in [0.3, 0.4) is 0 Å². The Labute approximate surface area is 140 Å². The van der Waals surface area contributed by atoms with Crippen molar-refractivity contribution in [1.29, 1.82) is 0 Å². The first-order valence-corrected chi connectivity index (χ1v) is 9.77. The fraction of sp³-hybridized carbons (Fsp3) is 0.684. The molecule has 0 saturated heterocycles. The van der Waals surface area contributed by atoms with E-state index in [2.05, 4.69) is 37.4 Å². The molecule has 2 nitrogen and oxygen atoms in total. The molecule has 1 aromatic carbocycles. The molecule has 0 unspecified atom stereocenters. The monoisotopic (exact) mass is 321 g/mol. The van der Waals surface area contributed by atoms with Crippen LogP contribution in [0.1, 0.15) is 49.7 Å². The van der Waals surface area contributed by atoms with Crippen LogP contribution in [0.5, 0.6) is 0 Å². The average Bonchev–Trinajstić information content (AvgIpc) is 2.55. The van der Waals surface area contributed by atoms with Crippen LogP contribution >= 0.6 is 11.8 Å². The highest BCUT2D eigenvalue weighted by molar-refractivity contribution is 7.99.